The topological polar surface area (TPSA) is 79.7 Å². The molecule has 7 nitrogen and oxygen atoms in total. The molecule has 1 atom stereocenters. The van der Waals surface area contributed by atoms with Crippen LogP contribution < -0.4 is 5.56 Å². The molecule has 2 aromatic heterocycles. The number of hydrogen-bond donors (Lipinski definition) is 1. The average Bonchev–Trinajstić information content (AvgIpc) is 3.41. The van der Waals surface area contributed by atoms with E-state index in [0.717, 1.165) is 53.7 Å². The predicted octanol–water partition coefficient (Wildman–Crippen LogP) is 5.26. The van der Waals surface area contributed by atoms with E-state index in [-0.39, 0.29) is 11.6 Å². The Morgan fingerprint density at radius 2 is 1.63 bits per heavy atom. The molecular weight excluding hydrogens is 472 g/mol. The highest BCUT2D eigenvalue weighted by molar-refractivity contribution is 5.81. The molecule has 5 aromatic rings. The number of aromatic amines is 1. The van der Waals surface area contributed by atoms with Gasteiger partial charge in [0.1, 0.15) is 0 Å². The second-order valence-corrected chi connectivity index (χ2v) is 9.79. The van der Waals surface area contributed by atoms with Crippen LogP contribution in [0.2, 0.25) is 0 Å². The second-order valence-electron chi connectivity index (χ2n) is 9.79. The van der Waals surface area contributed by atoms with Crippen LogP contribution in [0.25, 0.3) is 10.9 Å². The summed E-state index contributed by atoms with van der Waals surface area (Å²) in [5.41, 5.74) is 5.18. The van der Waals surface area contributed by atoms with Gasteiger partial charge in [-0.1, -0.05) is 85.8 Å². The fraction of sp³-hybridized carbons (Fsp3) is 0.290. The first-order chi connectivity index (χ1) is 18.6. The van der Waals surface area contributed by atoms with Gasteiger partial charge in [-0.25, -0.2) is 4.68 Å². The molecule has 0 bridgehead atoms. The van der Waals surface area contributed by atoms with Gasteiger partial charge in [-0.2, -0.15) is 0 Å². The van der Waals surface area contributed by atoms with Crippen LogP contribution >= 0.6 is 0 Å². The number of aromatic nitrogens is 5. The van der Waals surface area contributed by atoms with E-state index in [0.29, 0.717) is 13.1 Å². The number of pyridine rings is 1. The van der Waals surface area contributed by atoms with Crippen molar-refractivity contribution in [2.75, 3.05) is 6.54 Å². The third kappa shape index (κ3) is 5.89. The van der Waals surface area contributed by atoms with E-state index in [1.54, 1.807) is 0 Å². The first-order valence-corrected chi connectivity index (χ1v) is 13.3. The Hall–Kier alpha value is -4.10. The molecule has 2 heterocycles. The van der Waals surface area contributed by atoms with E-state index in [1.807, 2.05) is 41.9 Å². The molecule has 5 rings (SSSR count). The SMILES string of the molecule is CC[C@@H](c1nnnn1CCc1ccccc1)N(CCc1ccccc1)Cc1cc2cccc(C)c2[nH]c1=O. The third-order valence-electron chi connectivity index (χ3n) is 7.21. The van der Waals surface area contributed by atoms with Gasteiger partial charge in [-0.05, 0) is 64.8 Å². The molecule has 0 saturated carbocycles. The Morgan fingerprint density at radius 3 is 2.34 bits per heavy atom. The summed E-state index contributed by atoms with van der Waals surface area (Å²) in [7, 11) is 0. The fourth-order valence-corrected chi connectivity index (χ4v) is 5.12. The highest BCUT2D eigenvalue weighted by Crippen LogP contribution is 2.25. The van der Waals surface area contributed by atoms with Crippen LogP contribution in [0.15, 0.2) is 89.7 Å². The summed E-state index contributed by atoms with van der Waals surface area (Å²) in [6.45, 7) is 6.16. The van der Waals surface area contributed by atoms with Crippen LogP contribution in [0.1, 0.15) is 47.5 Å². The lowest BCUT2D eigenvalue weighted by Gasteiger charge is -2.30. The minimum Gasteiger partial charge on any atom is -0.321 e. The molecule has 3 aromatic carbocycles. The zero-order valence-corrected chi connectivity index (χ0v) is 22.0. The molecule has 0 aliphatic rings. The summed E-state index contributed by atoms with van der Waals surface area (Å²) in [5.74, 6) is 0.838. The van der Waals surface area contributed by atoms with Gasteiger partial charge in [0.05, 0.1) is 11.6 Å². The zero-order valence-electron chi connectivity index (χ0n) is 22.0. The van der Waals surface area contributed by atoms with Gasteiger partial charge < -0.3 is 4.98 Å². The normalized spacial score (nSPS) is 12.3. The molecular formula is C31H34N6O. The number of tetrazole rings is 1. The molecule has 194 valence electrons. The van der Waals surface area contributed by atoms with Crippen LogP contribution in [0.4, 0.5) is 0 Å². The first-order valence-electron chi connectivity index (χ1n) is 13.3. The predicted molar refractivity (Wildman–Crippen MR) is 151 cm³/mol. The maximum Gasteiger partial charge on any atom is 0.252 e. The molecule has 0 radical (unpaired) electrons. The lowest BCUT2D eigenvalue weighted by Crippen LogP contribution is -2.34. The minimum atomic E-state index is -0.0463. The number of rotatable bonds is 11. The number of nitrogens with zero attached hydrogens (tertiary/aromatic N) is 5. The Balaban J connectivity index is 1.45. The summed E-state index contributed by atoms with van der Waals surface area (Å²) in [4.78, 5) is 18.7. The van der Waals surface area contributed by atoms with Crippen LogP contribution in [0, 0.1) is 6.92 Å². The first kappa shape index (κ1) is 25.5. The summed E-state index contributed by atoms with van der Waals surface area (Å²) >= 11 is 0. The molecule has 7 heteroatoms. The van der Waals surface area contributed by atoms with Crippen molar-refractivity contribution in [2.24, 2.45) is 0 Å². The van der Waals surface area contributed by atoms with Gasteiger partial charge in [-0.15, -0.1) is 5.10 Å². The number of H-pyrrole nitrogens is 1. The van der Waals surface area contributed by atoms with Crippen LogP contribution in [0.5, 0.6) is 0 Å². The summed E-state index contributed by atoms with van der Waals surface area (Å²) in [5, 5.41) is 13.9. The minimum absolute atomic E-state index is 0.0305. The molecule has 0 aliphatic heterocycles. The average molecular weight is 507 g/mol. The largest absolute Gasteiger partial charge is 0.321 e. The summed E-state index contributed by atoms with van der Waals surface area (Å²) in [6, 6.07) is 29.0. The summed E-state index contributed by atoms with van der Waals surface area (Å²) in [6.07, 6.45) is 2.54. The molecule has 0 amide bonds. The highest BCUT2D eigenvalue weighted by atomic mass is 16.1. The lowest BCUT2D eigenvalue weighted by molar-refractivity contribution is 0.171. The summed E-state index contributed by atoms with van der Waals surface area (Å²) < 4.78 is 1.92. The standard InChI is InChI=1S/C31H34N6O/c1-3-28(30-33-34-35-37(30)20-18-25-14-8-5-9-15-25)36(19-17-24-12-6-4-7-13-24)22-27-21-26-16-10-11-23(2)29(26)32-31(27)38/h4-16,21,28H,3,17-20,22H2,1-2H3,(H,32,38)/t28-/m0/s1. The monoisotopic (exact) mass is 506 g/mol. The van der Waals surface area contributed by atoms with Crippen molar-refractivity contribution >= 4 is 10.9 Å². The van der Waals surface area contributed by atoms with Crippen molar-refractivity contribution in [3.63, 3.8) is 0 Å². The van der Waals surface area contributed by atoms with Crippen molar-refractivity contribution in [1.82, 2.24) is 30.1 Å². The Morgan fingerprint density at radius 1 is 0.921 bits per heavy atom. The van der Waals surface area contributed by atoms with E-state index in [1.165, 1.54) is 11.1 Å². The molecule has 0 aliphatic carbocycles. The molecule has 0 saturated heterocycles. The van der Waals surface area contributed by atoms with Crippen LogP contribution in [0.3, 0.4) is 0 Å². The van der Waals surface area contributed by atoms with Gasteiger partial charge in [0.2, 0.25) is 0 Å². The van der Waals surface area contributed by atoms with Gasteiger partial charge in [0, 0.05) is 25.2 Å². The third-order valence-corrected chi connectivity index (χ3v) is 7.21. The fourth-order valence-electron chi connectivity index (χ4n) is 5.12. The molecule has 0 fully saturated rings. The van der Waals surface area contributed by atoms with E-state index < -0.39 is 0 Å². The number of fused-ring (bicyclic) bond motifs is 1. The Bertz CT molecular complexity index is 1530. The van der Waals surface area contributed by atoms with E-state index in [9.17, 15) is 4.79 Å². The van der Waals surface area contributed by atoms with Crippen molar-refractivity contribution in [2.45, 2.75) is 52.2 Å². The second kappa shape index (κ2) is 12.0. The van der Waals surface area contributed by atoms with E-state index in [4.69, 9.17) is 0 Å². The van der Waals surface area contributed by atoms with Gasteiger partial charge >= 0.3 is 0 Å². The molecule has 0 unspecified atom stereocenters. The lowest BCUT2D eigenvalue weighted by atomic mass is 10.1. The van der Waals surface area contributed by atoms with Gasteiger partial charge in [-0.3, -0.25) is 9.69 Å². The molecule has 0 spiro atoms. The zero-order chi connectivity index (χ0) is 26.3. The van der Waals surface area contributed by atoms with Crippen molar-refractivity contribution < 1.29 is 0 Å². The molecule has 1 N–H and O–H groups in total. The van der Waals surface area contributed by atoms with Crippen molar-refractivity contribution in [3.8, 4) is 0 Å². The van der Waals surface area contributed by atoms with Crippen LogP contribution in [-0.4, -0.2) is 36.6 Å². The Labute approximate surface area is 223 Å². The molecule has 38 heavy (non-hydrogen) atoms. The van der Waals surface area contributed by atoms with E-state index in [2.05, 4.69) is 86.9 Å². The number of nitrogens with one attached hydrogen (secondary N) is 1. The number of hydrogen-bond acceptors (Lipinski definition) is 5. The maximum atomic E-state index is 13.2. The van der Waals surface area contributed by atoms with Crippen molar-refractivity contribution in [3.05, 3.63) is 123 Å². The highest BCUT2D eigenvalue weighted by Gasteiger charge is 2.25. The number of benzene rings is 3. The smallest absolute Gasteiger partial charge is 0.252 e. The Kier molecular flexibility index (Phi) is 8.04. The van der Waals surface area contributed by atoms with Crippen molar-refractivity contribution in [1.29, 1.82) is 0 Å². The van der Waals surface area contributed by atoms with E-state index >= 15 is 0 Å². The van der Waals surface area contributed by atoms with Gasteiger partial charge in [0.25, 0.3) is 5.56 Å². The maximum absolute atomic E-state index is 13.2. The van der Waals surface area contributed by atoms with Gasteiger partial charge in [0.15, 0.2) is 5.82 Å². The number of para-hydroxylation sites is 1. The van der Waals surface area contributed by atoms with Crippen LogP contribution in [-0.2, 0) is 25.9 Å². The quantitative estimate of drug-likeness (QED) is 0.264. The number of aryl methyl sites for hydroxylation is 3.